The number of aromatic nitrogens is 1. The lowest BCUT2D eigenvalue weighted by Gasteiger charge is -2.15. The quantitative estimate of drug-likeness (QED) is 0.176. The van der Waals surface area contributed by atoms with E-state index < -0.39 is 0 Å². The first-order valence-corrected chi connectivity index (χ1v) is 13.4. The maximum Gasteiger partial charge on any atom is 0.140 e. The third-order valence-electron chi connectivity index (χ3n) is 6.07. The van der Waals surface area contributed by atoms with Crippen LogP contribution in [0.4, 0.5) is 0 Å². The van der Waals surface area contributed by atoms with Crippen molar-refractivity contribution < 1.29 is 14.6 Å². The molecule has 0 aliphatic carbocycles. The van der Waals surface area contributed by atoms with Gasteiger partial charge in [-0.15, -0.1) is 0 Å². The molecule has 0 aromatic carbocycles. The lowest BCUT2D eigenvalue weighted by molar-refractivity contribution is -0.0503. The van der Waals surface area contributed by atoms with Crippen LogP contribution in [0.2, 0.25) is 0 Å². The summed E-state index contributed by atoms with van der Waals surface area (Å²) in [4.78, 5) is 4.02. The first kappa shape index (κ1) is 29.6. The minimum absolute atomic E-state index is 0.0668. The maximum absolute atomic E-state index is 9.47. The van der Waals surface area contributed by atoms with Crippen molar-refractivity contribution in [3.8, 4) is 6.07 Å². The second kappa shape index (κ2) is 22.3. The third kappa shape index (κ3) is 17.6. The summed E-state index contributed by atoms with van der Waals surface area (Å²) in [5, 5.41) is 18.2. The Balaban J connectivity index is 1.84. The van der Waals surface area contributed by atoms with E-state index in [4.69, 9.17) is 14.7 Å². The van der Waals surface area contributed by atoms with Crippen LogP contribution in [0.5, 0.6) is 0 Å². The van der Waals surface area contributed by atoms with E-state index in [-0.39, 0.29) is 12.7 Å². The zero-order chi connectivity index (χ0) is 23.8. The molecule has 0 saturated carbocycles. The van der Waals surface area contributed by atoms with Gasteiger partial charge >= 0.3 is 0 Å². The molecule has 0 bridgehead atoms. The highest BCUT2D eigenvalue weighted by Crippen LogP contribution is 2.14. The molecule has 0 spiro atoms. The number of hydrogen-bond donors (Lipinski definition) is 1. The number of pyridine rings is 1. The van der Waals surface area contributed by atoms with Gasteiger partial charge in [0.2, 0.25) is 0 Å². The average molecular weight is 461 g/mol. The van der Waals surface area contributed by atoms with E-state index in [1.54, 1.807) is 12.3 Å². The molecule has 1 heterocycles. The van der Waals surface area contributed by atoms with Crippen LogP contribution in [0.3, 0.4) is 0 Å². The average Bonchev–Trinajstić information content (AvgIpc) is 2.85. The Hall–Kier alpha value is -1.48. The standard InChI is InChI=1S/C28H48N2O3/c1-2-3-4-5-6-7-8-9-10-11-12-13-14-15-16-17-20-32-25-28(23-31)33-24-26-18-19-27(21-29)30-22-26/h18-19,22,28,31H,2-17,20,23-25H2,1H3. The van der Waals surface area contributed by atoms with Crippen LogP contribution in [-0.2, 0) is 16.1 Å². The summed E-state index contributed by atoms with van der Waals surface area (Å²) in [6.07, 6.45) is 23.1. The summed E-state index contributed by atoms with van der Waals surface area (Å²) in [5.74, 6) is 0. The van der Waals surface area contributed by atoms with Gasteiger partial charge < -0.3 is 14.6 Å². The second-order valence-electron chi connectivity index (χ2n) is 9.16. The van der Waals surface area contributed by atoms with Gasteiger partial charge in [0.15, 0.2) is 0 Å². The fraction of sp³-hybridized carbons (Fsp3) is 0.786. The van der Waals surface area contributed by atoms with E-state index in [0.29, 0.717) is 18.9 Å². The molecule has 5 heteroatoms. The molecule has 0 saturated heterocycles. The molecule has 1 aromatic rings. The summed E-state index contributed by atoms with van der Waals surface area (Å²) >= 11 is 0. The molecular formula is C28H48N2O3. The van der Waals surface area contributed by atoms with Crippen LogP contribution in [0, 0.1) is 11.3 Å². The molecule has 0 amide bonds. The van der Waals surface area contributed by atoms with Crippen molar-refractivity contribution in [2.24, 2.45) is 0 Å². The maximum atomic E-state index is 9.47. The number of aliphatic hydroxyl groups excluding tert-OH is 1. The molecule has 0 fully saturated rings. The molecule has 33 heavy (non-hydrogen) atoms. The first-order valence-electron chi connectivity index (χ1n) is 13.4. The van der Waals surface area contributed by atoms with E-state index in [1.807, 2.05) is 12.1 Å². The fourth-order valence-electron chi connectivity index (χ4n) is 3.91. The van der Waals surface area contributed by atoms with Crippen molar-refractivity contribution in [3.05, 3.63) is 29.6 Å². The molecule has 1 atom stereocenters. The van der Waals surface area contributed by atoms with Gasteiger partial charge in [0.05, 0.1) is 19.8 Å². The van der Waals surface area contributed by atoms with E-state index in [1.165, 1.54) is 96.3 Å². The Kier molecular flexibility index (Phi) is 20.0. The molecule has 1 unspecified atom stereocenters. The van der Waals surface area contributed by atoms with E-state index in [2.05, 4.69) is 11.9 Å². The summed E-state index contributed by atoms with van der Waals surface area (Å²) in [6.45, 7) is 3.69. The molecule has 5 nitrogen and oxygen atoms in total. The lowest BCUT2D eigenvalue weighted by Crippen LogP contribution is -2.24. The zero-order valence-corrected chi connectivity index (χ0v) is 21.1. The molecule has 1 rings (SSSR count). The van der Waals surface area contributed by atoms with Crippen molar-refractivity contribution in [2.75, 3.05) is 19.8 Å². The first-order chi connectivity index (χ1) is 16.3. The highest BCUT2D eigenvalue weighted by molar-refractivity contribution is 5.22. The highest BCUT2D eigenvalue weighted by atomic mass is 16.5. The van der Waals surface area contributed by atoms with Crippen LogP contribution in [0.1, 0.15) is 121 Å². The van der Waals surface area contributed by atoms with Crippen LogP contribution in [-0.4, -0.2) is 36.0 Å². The monoisotopic (exact) mass is 460 g/mol. The van der Waals surface area contributed by atoms with Crippen LogP contribution in [0.15, 0.2) is 18.3 Å². The summed E-state index contributed by atoms with van der Waals surface area (Å²) in [5.41, 5.74) is 1.27. The Bertz CT molecular complexity index is 586. The minimum atomic E-state index is -0.332. The second-order valence-corrected chi connectivity index (χ2v) is 9.16. The largest absolute Gasteiger partial charge is 0.394 e. The number of ether oxygens (including phenoxy) is 2. The van der Waals surface area contributed by atoms with Crippen molar-refractivity contribution in [2.45, 2.75) is 122 Å². The molecule has 0 aliphatic rings. The molecule has 0 aliphatic heterocycles. The van der Waals surface area contributed by atoms with E-state index >= 15 is 0 Å². The molecular weight excluding hydrogens is 412 g/mol. The van der Waals surface area contributed by atoms with Crippen LogP contribution >= 0.6 is 0 Å². The summed E-state index contributed by atoms with van der Waals surface area (Å²) < 4.78 is 11.4. The molecule has 1 aromatic heterocycles. The van der Waals surface area contributed by atoms with Crippen LogP contribution < -0.4 is 0 Å². The van der Waals surface area contributed by atoms with Gasteiger partial charge in [-0.1, -0.05) is 109 Å². The predicted octanol–water partition coefficient (Wildman–Crippen LogP) is 7.11. The Labute approximate surface area is 202 Å². The van der Waals surface area contributed by atoms with Gasteiger partial charge in [-0.2, -0.15) is 5.26 Å². The predicted molar refractivity (Wildman–Crippen MR) is 135 cm³/mol. The van der Waals surface area contributed by atoms with Gasteiger partial charge in [0.25, 0.3) is 0 Å². The van der Waals surface area contributed by atoms with E-state index in [0.717, 1.165) is 18.6 Å². The highest BCUT2D eigenvalue weighted by Gasteiger charge is 2.08. The fourth-order valence-corrected chi connectivity index (χ4v) is 3.91. The third-order valence-corrected chi connectivity index (χ3v) is 6.07. The van der Waals surface area contributed by atoms with Gasteiger partial charge in [-0.3, -0.25) is 0 Å². The number of aliphatic hydroxyl groups is 1. The van der Waals surface area contributed by atoms with E-state index in [9.17, 15) is 5.11 Å². The van der Waals surface area contributed by atoms with Gasteiger partial charge in [-0.25, -0.2) is 4.98 Å². The Morgan fingerprint density at radius 1 is 0.848 bits per heavy atom. The molecule has 188 valence electrons. The minimum Gasteiger partial charge on any atom is -0.394 e. The summed E-state index contributed by atoms with van der Waals surface area (Å²) in [7, 11) is 0. The number of unbranched alkanes of at least 4 members (excludes halogenated alkanes) is 15. The van der Waals surface area contributed by atoms with Crippen molar-refractivity contribution in [1.29, 1.82) is 5.26 Å². The SMILES string of the molecule is CCCCCCCCCCCCCCCCCCOCC(CO)OCc1ccc(C#N)nc1. The molecule has 1 N–H and O–H groups in total. The van der Waals surface area contributed by atoms with Gasteiger partial charge in [0, 0.05) is 12.8 Å². The summed E-state index contributed by atoms with van der Waals surface area (Å²) in [6, 6.07) is 5.48. The number of hydrogen-bond acceptors (Lipinski definition) is 5. The van der Waals surface area contributed by atoms with Crippen molar-refractivity contribution in [1.82, 2.24) is 4.98 Å². The molecule has 0 radical (unpaired) electrons. The normalized spacial score (nSPS) is 12.0. The van der Waals surface area contributed by atoms with Crippen molar-refractivity contribution >= 4 is 0 Å². The van der Waals surface area contributed by atoms with Gasteiger partial charge in [-0.05, 0) is 18.1 Å². The van der Waals surface area contributed by atoms with Crippen molar-refractivity contribution in [3.63, 3.8) is 0 Å². The lowest BCUT2D eigenvalue weighted by atomic mass is 10.0. The van der Waals surface area contributed by atoms with Gasteiger partial charge in [0.1, 0.15) is 17.9 Å². The smallest absolute Gasteiger partial charge is 0.140 e. The zero-order valence-electron chi connectivity index (χ0n) is 21.1. The van der Waals surface area contributed by atoms with Crippen LogP contribution in [0.25, 0.3) is 0 Å². The number of rotatable bonds is 23. The topological polar surface area (TPSA) is 75.4 Å². The number of nitriles is 1. The number of nitrogens with zero attached hydrogens (tertiary/aromatic N) is 2. The Morgan fingerprint density at radius 2 is 1.39 bits per heavy atom. The Morgan fingerprint density at radius 3 is 1.85 bits per heavy atom.